The maximum Gasteiger partial charge on any atom is 0.161 e. The molecule has 4 nitrogen and oxygen atoms in total. The molecule has 5 aliphatic rings. The first-order valence-electron chi connectivity index (χ1n) is 14.9. The fraction of sp³-hybridized carbons (Fsp3) is 0.636. The summed E-state index contributed by atoms with van der Waals surface area (Å²) in [5.74, 6) is 3.12. The molecule has 3 aliphatic carbocycles. The average molecular weight is 503 g/mol. The molecule has 200 valence electrons. The zero-order chi connectivity index (χ0) is 25.6. The Kier molecular flexibility index (Phi) is 7.00. The smallest absolute Gasteiger partial charge is 0.161 e. The van der Waals surface area contributed by atoms with Crippen LogP contribution in [-0.4, -0.2) is 54.2 Å². The van der Waals surface area contributed by atoms with E-state index in [4.69, 9.17) is 4.74 Å². The Morgan fingerprint density at radius 1 is 1.03 bits per heavy atom. The predicted octanol–water partition coefficient (Wildman–Crippen LogP) is 6.40. The molecule has 2 heterocycles. The molecule has 1 N–H and O–H groups in total. The monoisotopic (exact) mass is 502 g/mol. The normalized spacial score (nSPS) is 32.1. The number of nitrogens with zero attached hydrogens (tertiary/aromatic N) is 2. The van der Waals surface area contributed by atoms with Crippen LogP contribution >= 0.6 is 0 Å². The van der Waals surface area contributed by atoms with E-state index >= 15 is 0 Å². The van der Waals surface area contributed by atoms with Crippen molar-refractivity contribution < 1.29 is 9.84 Å². The van der Waals surface area contributed by atoms with Gasteiger partial charge in [0.2, 0.25) is 0 Å². The number of hydrogen-bond acceptors (Lipinski definition) is 4. The van der Waals surface area contributed by atoms with Crippen LogP contribution in [0.2, 0.25) is 0 Å². The van der Waals surface area contributed by atoms with E-state index < -0.39 is 0 Å². The molecule has 0 aromatic heterocycles. The van der Waals surface area contributed by atoms with Gasteiger partial charge in [0.25, 0.3) is 0 Å². The molecule has 2 saturated carbocycles. The van der Waals surface area contributed by atoms with E-state index in [0.717, 1.165) is 31.8 Å². The fourth-order valence-corrected chi connectivity index (χ4v) is 8.66. The molecule has 0 amide bonds. The van der Waals surface area contributed by atoms with Gasteiger partial charge in [0.05, 0.1) is 7.11 Å². The van der Waals surface area contributed by atoms with E-state index in [2.05, 4.69) is 60.2 Å². The number of benzene rings is 2. The number of methoxy groups -OCH3 is 1. The summed E-state index contributed by atoms with van der Waals surface area (Å²) >= 11 is 0. The molecule has 7 rings (SSSR count). The lowest BCUT2D eigenvalue weighted by Gasteiger charge is -2.55. The van der Waals surface area contributed by atoms with Crippen molar-refractivity contribution in [1.29, 1.82) is 0 Å². The van der Waals surface area contributed by atoms with Crippen LogP contribution in [0.1, 0.15) is 75.0 Å². The molecular weight excluding hydrogens is 456 g/mol. The molecular formula is C33H46N2O2. The number of phenols is 1. The second-order valence-electron chi connectivity index (χ2n) is 12.8. The van der Waals surface area contributed by atoms with Crippen LogP contribution in [0, 0.1) is 17.8 Å². The van der Waals surface area contributed by atoms with Crippen LogP contribution < -0.4 is 4.74 Å². The zero-order valence-corrected chi connectivity index (χ0v) is 23.2. The molecule has 2 aliphatic heterocycles. The largest absolute Gasteiger partial charge is 0.504 e. The van der Waals surface area contributed by atoms with Gasteiger partial charge in [-0.1, -0.05) is 49.7 Å². The van der Waals surface area contributed by atoms with Crippen LogP contribution in [-0.2, 0) is 18.4 Å². The number of phenolic OH excluding ortho intramolecular Hbond substituents is 1. The van der Waals surface area contributed by atoms with Crippen molar-refractivity contribution >= 4 is 0 Å². The Morgan fingerprint density at radius 3 is 2.59 bits per heavy atom. The van der Waals surface area contributed by atoms with Gasteiger partial charge in [-0.05, 0) is 99.9 Å². The van der Waals surface area contributed by atoms with E-state index in [1.807, 2.05) is 6.07 Å². The molecule has 37 heavy (non-hydrogen) atoms. The van der Waals surface area contributed by atoms with E-state index in [1.165, 1.54) is 68.2 Å². The van der Waals surface area contributed by atoms with Crippen molar-refractivity contribution in [1.82, 2.24) is 9.80 Å². The Balaban J connectivity index is 1.46. The lowest BCUT2D eigenvalue weighted by Crippen LogP contribution is -2.55. The van der Waals surface area contributed by atoms with E-state index in [-0.39, 0.29) is 5.41 Å². The summed E-state index contributed by atoms with van der Waals surface area (Å²) in [5, 5.41) is 11.8. The molecule has 5 atom stereocenters. The van der Waals surface area contributed by atoms with Gasteiger partial charge in [-0.2, -0.15) is 0 Å². The highest BCUT2D eigenvalue weighted by atomic mass is 16.5. The number of rotatable bonds is 6. The quantitative estimate of drug-likeness (QED) is 0.496. The third-order valence-corrected chi connectivity index (χ3v) is 10.5. The maximum absolute atomic E-state index is 11.8. The second-order valence-corrected chi connectivity index (χ2v) is 12.8. The summed E-state index contributed by atoms with van der Waals surface area (Å²) in [6.07, 6.45) is 11.2. The summed E-state index contributed by atoms with van der Waals surface area (Å²) in [7, 11) is 4.05. The van der Waals surface area contributed by atoms with Crippen molar-refractivity contribution in [3.8, 4) is 11.5 Å². The first kappa shape index (κ1) is 25.2. The summed E-state index contributed by atoms with van der Waals surface area (Å²) in [6.45, 7) is 5.95. The second kappa shape index (κ2) is 10.3. The number of aromatic hydroxyl groups is 1. The van der Waals surface area contributed by atoms with E-state index in [1.54, 1.807) is 7.11 Å². The van der Waals surface area contributed by atoms with Gasteiger partial charge >= 0.3 is 0 Å². The summed E-state index contributed by atoms with van der Waals surface area (Å²) < 4.78 is 5.72. The molecule has 4 heteroatoms. The van der Waals surface area contributed by atoms with Crippen molar-refractivity contribution in [3.05, 3.63) is 59.2 Å². The van der Waals surface area contributed by atoms with Crippen LogP contribution in [0.15, 0.2) is 42.5 Å². The first-order valence-corrected chi connectivity index (χ1v) is 14.9. The van der Waals surface area contributed by atoms with Gasteiger partial charge in [0.1, 0.15) is 0 Å². The number of hydrogen-bond donors (Lipinski definition) is 1. The van der Waals surface area contributed by atoms with Crippen molar-refractivity contribution in [2.45, 2.75) is 88.8 Å². The average Bonchev–Trinajstić information content (AvgIpc) is 3.71. The summed E-state index contributed by atoms with van der Waals surface area (Å²) in [4.78, 5) is 5.52. The van der Waals surface area contributed by atoms with Gasteiger partial charge in [-0.15, -0.1) is 0 Å². The van der Waals surface area contributed by atoms with Gasteiger partial charge < -0.3 is 9.84 Å². The van der Waals surface area contributed by atoms with Gasteiger partial charge in [0, 0.05) is 36.2 Å². The Hall–Kier alpha value is -2.04. The molecule has 2 aromatic carbocycles. The van der Waals surface area contributed by atoms with Crippen molar-refractivity contribution in [3.63, 3.8) is 0 Å². The van der Waals surface area contributed by atoms with Gasteiger partial charge in [-0.25, -0.2) is 0 Å². The standard InChI is InChI=1S/C33H46N2O2/c1-23-11-15-27-20-26-14-16-29(37-3)32(36)31(26)33(18-19-35(27)22-25-12-13-25)17-7-10-28(30(23)33)34(2)21-24-8-5-4-6-9-24/h4-6,8-9,14,16,23,25,27-28,30,36H,7,10-13,15,17-22H2,1-3H3/t23-,27?,28?,30?,33?/m0/s1. The molecule has 2 aromatic rings. The number of ether oxygens (including phenoxy) is 1. The minimum atomic E-state index is -0.0155. The van der Waals surface area contributed by atoms with E-state index in [9.17, 15) is 5.11 Å². The maximum atomic E-state index is 11.8. The third-order valence-electron chi connectivity index (χ3n) is 10.5. The SMILES string of the molecule is COc1ccc2c(c1O)C13CCCC(N(C)Cc4ccccc4)C1[C@@H](C)CCC(C2)N(CC1CC1)CC3. The Bertz CT molecular complexity index is 1080. The number of fused-ring (bicyclic) bond motifs is 4. The zero-order valence-electron chi connectivity index (χ0n) is 23.2. The minimum absolute atomic E-state index is 0.0155. The summed E-state index contributed by atoms with van der Waals surface area (Å²) in [5.41, 5.74) is 4.01. The molecule has 3 fully saturated rings. The topological polar surface area (TPSA) is 35.9 Å². The van der Waals surface area contributed by atoms with Crippen LogP contribution in [0.3, 0.4) is 0 Å². The van der Waals surface area contributed by atoms with Crippen molar-refractivity contribution in [2.75, 3.05) is 27.2 Å². The Labute approximate surface area is 224 Å². The highest BCUT2D eigenvalue weighted by molar-refractivity contribution is 5.55. The molecule has 4 unspecified atom stereocenters. The third kappa shape index (κ3) is 4.69. The summed E-state index contributed by atoms with van der Waals surface area (Å²) in [6, 6.07) is 16.4. The van der Waals surface area contributed by atoms with E-state index in [0.29, 0.717) is 35.4 Å². The lowest BCUT2D eigenvalue weighted by atomic mass is 9.54. The molecule has 0 radical (unpaired) electrons. The van der Waals surface area contributed by atoms with Gasteiger partial charge in [-0.3, -0.25) is 9.80 Å². The van der Waals surface area contributed by atoms with Crippen molar-refractivity contribution in [2.24, 2.45) is 17.8 Å². The molecule has 1 saturated heterocycles. The lowest BCUT2D eigenvalue weighted by molar-refractivity contribution is 0.0122. The highest BCUT2D eigenvalue weighted by Crippen LogP contribution is 2.58. The minimum Gasteiger partial charge on any atom is -0.504 e. The van der Waals surface area contributed by atoms with Crippen LogP contribution in [0.25, 0.3) is 0 Å². The van der Waals surface area contributed by atoms with Crippen LogP contribution in [0.5, 0.6) is 11.5 Å². The molecule has 1 spiro atoms. The predicted molar refractivity (Wildman–Crippen MR) is 150 cm³/mol. The molecule has 2 bridgehead atoms. The van der Waals surface area contributed by atoms with Crippen LogP contribution in [0.4, 0.5) is 0 Å². The highest BCUT2D eigenvalue weighted by Gasteiger charge is 2.53. The van der Waals surface area contributed by atoms with Gasteiger partial charge in [0.15, 0.2) is 11.5 Å². The first-order chi connectivity index (χ1) is 18.0. The Morgan fingerprint density at radius 2 is 1.84 bits per heavy atom. The fourth-order valence-electron chi connectivity index (χ4n) is 8.66.